The normalized spacial score (nSPS) is 9.18. The van der Waals surface area contributed by atoms with Crippen molar-refractivity contribution in [2.75, 3.05) is 0 Å². The molecule has 0 radical (unpaired) electrons. The van der Waals surface area contributed by atoms with Gasteiger partial charge in [0.2, 0.25) is 0 Å². The lowest BCUT2D eigenvalue weighted by Crippen LogP contribution is -2.25. The van der Waals surface area contributed by atoms with Crippen molar-refractivity contribution in [1.29, 1.82) is 0 Å². The lowest BCUT2D eigenvalue weighted by atomic mass is 10.5. The smallest absolute Gasteiger partial charge is 0.285 e. The molecular formula is C6H7N3OS. The van der Waals surface area contributed by atoms with Gasteiger partial charge in [-0.15, -0.1) is 0 Å². The van der Waals surface area contributed by atoms with Crippen LogP contribution in [0.1, 0.15) is 0 Å². The molecule has 3 N–H and O–H groups in total. The first kappa shape index (κ1) is 8.03. The molecule has 4 nitrogen and oxygen atoms in total. The minimum Gasteiger partial charge on any atom is -0.285 e. The fourth-order valence-electron chi connectivity index (χ4n) is 0.532. The van der Waals surface area contributed by atoms with Crippen LogP contribution in [0.15, 0.2) is 29.4 Å². The van der Waals surface area contributed by atoms with Crippen LogP contribution in [-0.4, -0.2) is 10.2 Å². The van der Waals surface area contributed by atoms with Crippen molar-refractivity contribution in [2.45, 2.75) is 5.03 Å². The van der Waals surface area contributed by atoms with Gasteiger partial charge in [-0.1, -0.05) is 6.07 Å². The summed E-state index contributed by atoms with van der Waals surface area (Å²) in [7, 11) is 0. The number of carbonyl (C=O) groups is 1. The van der Waals surface area contributed by atoms with Crippen molar-refractivity contribution in [2.24, 2.45) is 5.84 Å². The predicted octanol–water partition coefficient (Wildman–Crippen LogP) is 0.757. The maximum Gasteiger partial charge on any atom is 0.299 e. The van der Waals surface area contributed by atoms with E-state index in [-0.39, 0.29) is 5.24 Å². The topological polar surface area (TPSA) is 68.0 Å². The summed E-state index contributed by atoms with van der Waals surface area (Å²) in [6.45, 7) is 0. The SMILES string of the molecule is NNC(=O)Sc1ccccn1. The number of rotatable bonds is 1. The largest absolute Gasteiger partial charge is 0.299 e. The van der Waals surface area contributed by atoms with Crippen LogP contribution in [0.2, 0.25) is 0 Å². The number of thioether (sulfide) groups is 1. The third-order valence-electron chi connectivity index (χ3n) is 0.953. The summed E-state index contributed by atoms with van der Waals surface area (Å²) in [5.74, 6) is 4.87. The minimum absolute atomic E-state index is 0.316. The van der Waals surface area contributed by atoms with Gasteiger partial charge in [-0.25, -0.2) is 10.8 Å². The second kappa shape index (κ2) is 3.95. The van der Waals surface area contributed by atoms with E-state index >= 15 is 0 Å². The zero-order chi connectivity index (χ0) is 8.10. The highest BCUT2D eigenvalue weighted by molar-refractivity contribution is 8.13. The Morgan fingerprint density at radius 1 is 1.64 bits per heavy atom. The Kier molecular flexibility index (Phi) is 2.88. The number of aromatic nitrogens is 1. The number of hydrogen-bond acceptors (Lipinski definition) is 4. The zero-order valence-corrected chi connectivity index (χ0v) is 6.47. The first-order valence-electron chi connectivity index (χ1n) is 2.92. The molecule has 0 fully saturated rings. The van der Waals surface area contributed by atoms with Crippen molar-refractivity contribution in [3.8, 4) is 0 Å². The van der Waals surface area contributed by atoms with E-state index in [0.29, 0.717) is 5.03 Å². The Labute approximate surface area is 68.2 Å². The summed E-state index contributed by atoms with van der Waals surface area (Å²) in [4.78, 5) is 14.6. The molecule has 0 atom stereocenters. The van der Waals surface area contributed by atoms with Crippen molar-refractivity contribution >= 4 is 17.0 Å². The van der Waals surface area contributed by atoms with E-state index in [1.165, 1.54) is 0 Å². The number of nitrogens with one attached hydrogen (secondary N) is 1. The van der Waals surface area contributed by atoms with Crippen molar-refractivity contribution < 1.29 is 4.79 Å². The maximum atomic E-state index is 10.7. The van der Waals surface area contributed by atoms with E-state index in [2.05, 4.69) is 4.98 Å². The predicted molar refractivity (Wildman–Crippen MR) is 42.8 cm³/mol. The summed E-state index contributed by atoms with van der Waals surface area (Å²) < 4.78 is 0. The maximum absolute atomic E-state index is 10.7. The van der Waals surface area contributed by atoms with Crippen LogP contribution >= 0.6 is 11.8 Å². The Hall–Kier alpha value is -1.07. The Morgan fingerprint density at radius 2 is 2.45 bits per heavy atom. The molecule has 11 heavy (non-hydrogen) atoms. The van der Waals surface area contributed by atoms with Gasteiger partial charge in [0.05, 0.1) is 0 Å². The van der Waals surface area contributed by atoms with E-state index in [9.17, 15) is 4.79 Å². The number of amides is 1. The average Bonchev–Trinajstić information content (AvgIpc) is 2.06. The van der Waals surface area contributed by atoms with Crippen LogP contribution in [0, 0.1) is 0 Å². The summed E-state index contributed by atoms with van der Waals surface area (Å²) in [6, 6.07) is 5.32. The minimum atomic E-state index is -0.316. The van der Waals surface area contributed by atoms with Crippen molar-refractivity contribution in [3.63, 3.8) is 0 Å². The highest BCUT2D eigenvalue weighted by Gasteiger charge is 2.00. The fraction of sp³-hybridized carbons (Fsp3) is 0. The van der Waals surface area contributed by atoms with Gasteiger partial charge in [-0.3, -0.25) is 10.2 Å². The molecule has 0 aromatic carbocycles. The highest BCUT2D eigenvalue weighted by atomic mass is 32.2. The van der Waals surface area contributed by atoms with Crippen LogP contribution in [0.5, 0.6) is 0 Å². The third kappa shape index (κ3) is 2.57. The number of nitrogens with zero attached hydrogens (tertiary/aromatic N) is 1. The summed E-state index contributed by atoms with van der Waals surface area (Å²) in [5.41, 5.74) is 2.00. The molecule has 5 heteroatoms. The molecule has 0 saturated heterocycles. The summed E-state index contributed by atoms with van der Waals surface area (Å²) in [5, 5.41) is 0.319. The molecule has 1 rings (SSSR count). The van der Waals surface area contributed by atoms with Gasteiger partial charge in [-0.05, 0) is 23.9 Å². The van der Waals surface area contributed by atoms with E-state index < -0.39 is 0 Å². The molecular weight excluding hydrogens is 162 g/mol. The van der Waals surface area contributed by atoms with Gasteiger partial charge in [0.1, 0.15) is 5.03 Å². The van der Waals surface area contributed by atoms with Gasteiger partial charge in [0.15, 0.2) is 0 Å². The molecule has 0 aliphatic carbocycles. The fourth-order valence-corrected chi connectivity index (χ4v) is 1.04. The van der Waals surface area contributed by atoms with Crippen molar-refractivity contribution in [3.05, 3.63) is 24.4 Å². The highest BCUT2D eigenvalue weighted by Crippen LogP contribution is 2.13. The standard InChI is InChI=1S/C6H7N3OS/c7-9-6(10)11-5-3-1-2-4-8-5/h1-4H,7H2,(H,9,10). The number of pyridine rings is 1. The summed E-state index contributed by atoms with van der Waals surface area (Å²) in [6.07, 6.45) is 1.62. The van der Waals surface area contributed by atoms with Crippen LogP contribution in [0.4, 0.5) is 4.79 Å². The van der Waals surface area contributed by atoms with E-state index in [0.717, 1.165) is 11.8 Å². The van der Waals surface area contributed by atoms with Gasteiger partial charge in [0.25, 0.3) is 5.24 Å². The van der Waals surface area contributed by atoms with E-state index in [4.69, 9.17) is 5.84 Å². The average molecular weight is 169 g/mol. The van der Waals surface area contributed by atoms with Gasteiger partial charge < -0.3 is 0 Å². The second-order valence-electron chi connectivity index (χ2n) is 1.70. The molecule has 58 valence electrons. The first-order chi connectivity index (χ1) is 5.33. The number of hydrogen-bond donors (Lipinski definition) is 2. The number of carbonyl (C=O) groups excluding carboxylic acids is 1. The van der Waals surface area contributed by atoms with Gasteiger partial charge in [0, 0.05) is 6.20 Å². The van der Waals surface area contributed by atoms with Gasteiger partial charge >= 0.3 is 0 Å². The molecule has 1 heterocycles. The molecule has 1 aromatic rings. The number of hydrazine groups is 1. The molecule has 1 amide bonds. The Balaban J connectivity index is 2.58. The number of nitrogens with two attached hydrogens (primary N) is 1. The molecule has 1 aromatic heterocycles. The Morgan fingerprint density at radius 3 is 3.00 bits per heavy atom. The van der Waals surface area contributed by atoms with E-state index in [1.807, 2.05) is 5.43 Å². The Bertz CT molecular complexity index is 239. The van der Waals surface area contributed by atoms with Crippen LogP contribution < -0.4 is 11.3 Å². The monoisotopic (exact) mass is 169 g/mol. The second-order valence-corrected chi connectivity index (χ2v) is 2.70. The first-order valence-corrected chi connectivity index (χ1v) is 3.74. The van der Waals surface area contributed by atoms with Gasteiger partial charge in [-0.2, -0.15) is 0 Å². The molecule has 0 bridgehead atoms. The van der Waals surface area contributed by atoms with E-state index in [1.54, 1.807) is 24.4 Å². The quantitative estimate of drug-likeness (QED) is 0.282. The lowest BCUT2D eigenvalue weighted by molar-refractivity contribution is 0.261. The van der Waals surface area contributed by atoms with Crippen LogP contribution in [-0.2, 0) is 0 Å². The molecule has 0 saturated carbocycles. The summed E-state index contributed by atoms with van der Waals surface area (Å²) >= 11 is 0.957. The van der Waals surface area contributed by atoms with Crippen molar-refractivity contribution in [1.82, 2.24) is 10.4 Å². The molecule has 0 unspecified atom stereocenters. The zero-order valence-electron chi connectivity index (χ0n) is 5.65. The molecule has 0 spiro atoms. The molecule has 0 aliphatic rings. The van der Waals surface area contributed by atoms with Crippen LogP contribution in [0.3, 0.4) is 0 Å². The molecule has 0 aliphatic heterocycles. The van der Waals surface area contributed by atoms with Crippen LogP contribution in [0.25, 0.3) is 0 Å². The third-order valence-corrected chi connectivity index (χ3v) is 1.71. The lowest BCUT2D eigenvalue weighted by Gasteiger charge is -1.95.